The van der Waals surface area contributed by atoms with Crippen molar-refractivity contribution in [2.45, 2.75) is 18.5 Å². The summed E-state index contributed by atoms with van der Waals surface area (Å²) in [5.74, 6) is 0.254. The minimum absolute atomic E-state index is 0.0762. The maximum absolute atomic E-state index is 12.6. The van der Waals surface area contributed by atoms with Gasteiger partial charge >= 0.3 is 0 Å². The third kappa shape index (κ3) is 4.68. The molecule has 1 aromatic heterocycles. The molecule has 2 atom stereocenters. The van der Waals surface area contributed by atoms with Crippen molar-refractivity contribution in [2.24, 2.45) is 0 Å². The zero-order valence-electron chi connectivity index (χ0n) is 14.1. The number of nitrogens with one attached hydrogen (secondary N) is 1. The fourth-order valence-corrected chi connectivity index (χ4v) is 5.71. The van der Waals surface area contributed by atoms with E-state index in [2.05, 4.69) is 5.32 Å². The number of thiophene rings is 1. The maximum Gasteiger partial charge on any atom is 0.234 e. The molecule has 3 rings (SSSR count). The molecule has 0 aliphatic carbocycles. The van der Waals surface area contributed by atoms with Crippen LogP contribution in [0.25, 0.3) is 0 Å². The van der Waals surface area contributed by atoms with Crippen molar-refractivity contribution in [2.75, 3.05) is 25.1 Å². The van der Waals surface area contributed by atoms with E-state index in [0.29, 0.717) is 6.42 Å². The molecule has 0 saturated carbocycles. The van der Waals surface area contributed by atoms with Crippen molar-refractivity contribution >= 4 is 27.1 Å². The quantitative estimate of drug-likeness (QED) is 0.836. The lowest BCUT2D eigenvalue weighted by molar-refractivity contribution is -0.122. The summed E-state index contributed by atoms with van der Waals surface area (Å²) in [4.78, 5) is 15.5. The van der Waals surface area contributed by atoms with E-state index >= 15 is 0 Å². The molecule has 1 aromatic carbocycles. The third-order valence-corrected chi connectivity index (χ3v) is 7.18. The highest BCUT2D eigenvalue weighted by molar-refractivity contribution is 7.91. The van der Waals surface area contributed by atoms with Gasteiger partial charge in [-0.1, -0.05) is 36.4 Å². The summed E-state index contributed by atoms with van der Waals surface area (Å²) in [7, 11) is -1.14. The molecule has 0 spiro atoms. The fourth-order valence-electron chi connectivity index (χ4n) is 3.11. The highest BCUT2D eigenvalue weighted by Gasteiger charge is 2.31. The molecule has 1 saturated heterocycles. The van der Waals surface area contributed by atoms with Crippen molar-refractivity contribution in [3.8, 4) is 0 Å². The van der Waals surface area contributed by atoms with Crippen LogP contribution in [0.3, 0.4) is 0 Å². The van der Waals surface area contributed by atoms with Crippen LogP contribution in [-0.2, 0) is 14.6 Å². The zero-order valence-corrected chi connectivity index (χ0v) is 15.7. The third-order valence-electron chi connectivity index (χ3n) is 4.49. The van der Waals surface area contributed by atoms with Gasteiger partial charge in [0.1, 0.15) is 0 Å². The second-order valence-electron chi connectivity index (χ2n) is 6.40. The molecule has 25 heavy (non-hydrogen) atoms. The van der Waals surface area contributed by atoms with E-state index in [-0.39, 0.29) is 36.0 Å². The summed E-state index contributed by atoms with van der Waals surface area (Å²) in [5.41, 5.74) is 1.03. The Balaban J connectivity index is 1.67. The van der Waals surface area contributed by atoms with Crippen molar-refractivity contribution in [3.63, 3.8) is 0 Å². The van der Waals surface area contributed by atoms with Crippen LogP contribution >= 0.6 is 11.3 Å². The molecule has 1 fully saturated rings. The van der Waals surface area contributed by atoms with Gasteiger partial charge in [-0.25, -0.2) is 8.42 Å². The molecule has 5 nitrogen and oxygen atoms in total. The van der Waals surface area contributed by atoms with Crippen LogP contribution in [0, 0.1) is 0 Å². The molecule has 1 aliphatic rings. The lowest BCUT2D eigenvalue weighted by atomic mass is 10.1. The Morgan fingerprint density at radius 2 is 2.04 bits per heavy atom. The molecular weight excluding hydrogens is 356 g/mol. The molecule has 2 heterocycles. The second kappa shape index (κ2) is 7.68. The van der Waals surface area contributed by atoms with E-state index in [1.165, 1.54) is 0 Å². The van der Waals surface area contributed by atoms with E-state index in [1.54, 1.807) is 11.3 Å². The minimum atomic E-state index is -2.95. The number of amides is 1. The average molecular weight is 379 g/mol. The monoisotopic (exact) mass is 378 g/mol. The largest absolute Gasteiger partial charge is 0.343 e. The summed E-state index contributed by atoms with van der Waals surface area (Å²) < 4.78 is 23.2. The van der Waals surface area contributed by atoms with Gasteiger partial charge in [-0.2, -0.15) is 0 Å². The molecule has 1 aliphatic heterocycles. The second-order valence-corrected chi connectivity index (χ2v) is 9.61. The van der Waals surface area contributed by atoms with Crippen LogP contribution in [0.15, 0.2) is 47.8 Å². The first-order valence-corrected chi connectivity index (χ1v) is 10.9. The Hall–Kier alpha value is -1.70. The first kappa shape index (κ1) is 18.1. The number of carbonyl (C=O) groups excluding carboxylic acids is 1. The van der Waals surface area contributed by atoms with Gasteiger partial charge in [-0.05, 0) is 30.5 Å². The Labute approximate surface area is 152 Å². The number of nitrogens with zero attached hydrogens (tertiary/aromatic N) is 1. The van der Waals surface area contributed by atoms with E-state index in [9.17, 15) is 13.2 Å². The number of benzene rings is 1. The van der Waals surface area contributed by atoms with Crippen molar-refractivity contribution < 1.29 is 13.2 Å². The van der Waals surface area contributed by atoms with Crippen LogP contribution in [0.5, 0.6) is 0 Å². The summed E-state index contributed by atoms with van der Waals surface area (Å²) >= 11 is 1.60. The van der Waals surface area contributed by atoms with Gasteiger partial charge < -0.3 is 5.32 Å². The normalized spacial score (nSPS) is 20.5. The van der Waals surface area contributed by atoms with Crippen LogP contribution < -0.4 is 5.32 Å². The highest BCUT2D eigenvalue weighted by atomic mass is 32.2. The number of likely N-dealkylation sites (N-methyl/N-ethyl adjacent to an activating group) is 1. The van der Waals surface area contributed by atoms with Crippen molar-refractivity contribution in [3.05, 3.63) is 58.3 Å². The number of rotatable bonds is 6. The molecular formula is C18H22N2O3S2. The predicted molar refractivity (Wildman–Crippen MR) is 100 cm³/mol. The first-order valence-electron chi connectivity index (χ1n) is 8.23. The molecule has 1 amide bonds. The van der Waals surface area contributed by atoms with Crippen LogP contribution in [0.1, 0.15) is 22.9 Å². The van der Waals surface area contributed by atoms with Crippen LogP contribution in [0.2, 0.25) is 0 Å². The maximum atomic E-state index is 12.6. The van der Waals surface area contributed by atoms with Gasteiger partial charge in [0.2, 0.25) is 5.91 Å². The standard InChI is InChI=1S/C18H22N2O3S2/c1-20(15-9-11-25(22,23)13-15)12-17(21)19-18(16-8-5-10-24-16)14-6-3-2-4-7-14/h2-8,10,15,18H,9,11-13H2,1H3,(H,19,21)/t15-,18-/m0/s1. The topological polar surface area (TPSA) is 66.5 Å². The molecule has 0 unspecified atom stereocenters. The summed E-state index contributed by atoms with van der Waals surface area (Å²) in [5, 5.41) is 5.08. The number of hydrogen-bond acceptors (Lipinski definition) is 5. The van der Waals surface area contributed by atoms with Crippen molar-refractivity contribution in [1.29, 1.82) is 0 Å². The molecule has 1 N–H and O–H groups in total. The first-order chi connectivity index (χ1) is 11.9. The summed E-state index contributed by atoms with van der Waals surface area (Å²) in [6, 6.07) is 13.6. The van der Waals surface area contributed by atoms with Gasteiger partial charge in [0.05, 0.1) is 24.1 Å². The Morgan fingerprint density at radius 1 is 1.28 bits per heavy atom. The smallest absolute Gasteiger partial charge is 0.234 e. The fraction of sp³-hybridized carbons (Fsp3) is 0.389. The SMILES string of the molecule is CN(CC(=O)N[C@@H](c1ccccc1)c1cccs1)[C@H]1CCS(=O)(=O)C1. The van der Waals surface area contributed by atoms with E-state index in [1.807, 2.05) is 59.8 Å². The highest BCUT2D eigenvalue weighted by Crippen LogP contribution is 2.26. The van der Waals surface area contributed by atoms with Crippen LogP contribution in [-0.4, -0.2) is 50.4 Å². The van der Waals surface area contributed by atoms with E-state index in [0.717, 1.165) is 10.4 Å². The number of sulfone groups is 1. The molecule has 7 heteroatoms. The average Bonchev–Trinajstić information content (AvgIpc) is 3.23. The summed E-state index contributed by atoms with van der Waals surface area (Å²) in [6.07, 6.45) is 0.596. The van der Waals surface area contributed by atoms with Gasteiger partial charge in [-0.15, -0.1) is 11.3 Å². The molecule has 0 radical (unpaired) electrons. The van der Waals surface area contributed by atoms with Crippen molar-refractivity contribution in [1.82, 2.24) is 10.2 Å². The Bertz CT molecular complexity index is 804. The lowest BCUT2D eigenvalue weighted by Gasteiger charge is -2.24. The van der Waals surface area contributed by atoms with Crippen LogP contribution in [0.4, 0.5) is 0 Å². The Kier molecular flexibility index (Phi) is 5.56. The molecule has 0 bridgehead atoms. The van der Waals surface area contributed by atoms with Gasteiger partial charge in [-0.3, -0.25) is 9.69 Å². The molecule has 134 valence electrons. The number of carbonyl (C=O) groups is 1. The minimum Gasteiger partial charge on any atom is -0.343 e. The Morgan fingerprint density at radius 3 is 2.64 bits per heavy atom. The summed E-state index contributed by atoms with van der Waals surface area (Å²) in [6.45, 7) is 0.189. The van der Waals surface area contributed by atoms with Gasteiger partial charge in [0.25, 0.3) is 0 Å². The number of hydrogen-bond donors (Lipinski definition) is 1. The van der Waals surface area contributed by atoms with E-state index in [4.69, 9.17) is 0 Å². The van der Waals surface area contributed by atoms with E-state index < -0.39 is 9.84 Å². The zero-order chi connectivity index (χ0) is 17.9. The van der Waals surface area contributed by atoms with Gasteiger partial charge in [0, 0.05) is 10.9 Å². The lowest BCUT2D eigenvalue weighted by Crippen LogP contribution is -2.42. The molecule has 2 aromatic rings. The van der Waals surface area contributed by atoms with Gasteiger partial charge in [0.15, 0.2) is 9.84 Å². The predicted octanol–water partition coefficient (Wildman–Crippen LogP) is 2.07.